The van der Waals surface area contributed by atoms with Gasteiger partial charge in [-0.05, 0) is 74.3 Å². The van der Waals surface area contributed by atoms with E-state index in [4.69, 9.17) is 0 Å². The summed E-state index contributed by atoms with van der Waals surface area (Å²) >= 11 is 0. The molecular formula is C31H33FN2O4. The van der Waals surface area contributed by atoms with Crippen molar-refractivity contribution in [2.45, 2.75) is 31.7 Å². The first kappa shape index (κ1) is 26.1. The minimum Gasteiger partial charge on any atom is -0.508 e. The maximum absolute atomic E-state index is 14.9. The van der Waals surface area contributed by atoms with E-state index in [2.05, 4.69) is 10.2 Å². The molecule has 2 fully saturated rings. The second-order valence-electron chi connectivity index (χ2n) is 10.5. The third kappa shape index (κ3) is 5.22. The van der Waals surface area contributed by atoms with Crippen LogP contribution in [0.25, 0.3) is 0 Å². The molecule has 2 aliphatic heterocycles. The number of halogens is 1. The summed E-state index contributed by atoms with van der Waals surface area (Å²) in [6.07, 6.45) is 1.81. The molecule has 2 aliphatic rings. The summed E-state index contributed by atoms with van der Waals surface area (Å²) in [6.45, 7) is 4.29. The van der Waals surface area contributed by atoms with Gasteiger partial charge in [-0.15, -0.1) is 0 Å². The molecule has 3 aromatic rings. The fourth-order valence-electron chi connectivity index (χ4n) is 6.21. The van der Waals surface area contributed by atoms with Crippen LogP contribution >= 0.6 is 0 Å². The van der Waals surface area contributed by atoms with E-state index in [1.807, 2.05) is 6.07 Å². The molecule has 0 saturated carbocycles. The van der Waals surface area contributed by atoms with Crippen LogP contribution in [0.3, 0.4) is 0 Å². The zero-order valence-corrected chi connectivity index (χ0v) is 21.4. The number of rotatable bonds is 6. The standard InChI is InChI=1S/C31H33FN2O4/c1-19-25(9-4-10-28(19)32)29-26(30(37)20-5-2-7-23(35)15-20)17-34(22-11-13-33-14-12-22)18-27(29)31(38)21-6-3-8-24(36)16-21/h2-10,15-16,22,26-27,29,33,35-36H,11-14,17-18H2,1H3/t26-,27-/m0/s1. The fraction of sp³-hybridized carbons (Fsp3) is 0.355. The van der Waals surface area contributed by atoms with E-state index in [-0.39, 0.29) is 34.9 Å². The predicted octanol–water partition coefficient (Wildman–Crippen LogP) is 4.69. The molecule has 5 rings (SSSR count). The number of ketones is 2. The molecule has 38 heavy (non-hydrogen) atoms. The highest BCUT2D eigenvalue weighted by Gasteiger charge is 2.47. The molecule has 0 bridgehead atoms. The number of phenols is 2. The van der Waals surface area contributed by atoms with Crippen molar-refractivity contribution in [1.29, 1.82) is 0 Å². The van der Waals surface area contributed by atoms with E-state index in [9.17, 15) is 24.2 Å². The Morgan fingerprint density at radius 1 is 0.842 bits per heavy atom. The number of piperidine rings is 2. The Labute approximate surface area is 222 Å². The number of nitrogens with zero attached hydrogens (tertiary/aromatic N) is 1. The average molecular weight is 517 g/mol. The molecule has 3 N–H and O–H groups in total. The van der Waals surface area contributed by atoms with Crippen molar-refractivity contribution >= 4 is 11.6 Å². The predicted molar refractivity (Wildman–Crippen MR) is 143 cm³/mol. The van der Waals surface area contributed by atoms with Crippen molar-refractivity contribution < 1.29 is 24.2 Å². The van der Waals surface area contributed by atoms with Crippen LogP contribution in [-0.2, 0) is 0 Å². The summed E-state index contributed by atoms with van der Waals surface area (Å²) in [5.41, 5.74) is 1.80. The molecule has 0 radical (unpaired) electrons. The number of nitrogens with one attached hydrogen (secondary N) is 1. The molecule has 0 aliphatic carbocycles. The van der Waals surface area contributed by atoms with Gasteiger partial charge in [0.1, 0.15) is 17.3 Å². The second kappa shape index (κ2) is 11.1. The summed E-state index contributed by atoms with van der Waals surface area (Å²) in [5, 5.41) is 23.6. The number of phenolic OH excluding ortho intramolecular Hbond substituents is 2. The maximum Gasteiger partial charge on any atom is 0.167 e. The van der Waals surface area contributed by atoms with E-state index in [1.54, 1.807) is 37.3 Å². The van der Waals surface area contributed by atoms with Gasteiger partial charge < -0.3 is 15.5 Å². The number of hydrogen-bond donors (Lipinski definition) is 3. The second-order valence-corrected chi connectivity index (χ2v) is 10.5. The van der Waals surface area contributed by atoms with Crippen molar-refractivity contribution in [2.24, 2.45) is 11.8 Å². The van der Waals surface area contributed by atoms with Gasteiger partial charge in [0.2, 0.25) is 0 Å². The quantitative estimate of drug-likeness (QED) is 0.412. The van der Waals surface area contributed by atoms with Crippen molar-refractivity contribution in [3.63, 3.8) is 0 Å². The third-order valence-electron chi connectivity index (χ3n) is 8.16. The van der Waals surface area contributed by atoms with Crippen LogP contribution in [0.2, 0.25) is 0 Å². The zero-order chi connectivity index (χ0) is 26.8. The average Bonchev–Trinajstić information content (AvgIpc) is 2.93. The lowest BCUT2D eigenvalue weighted by Gasteiger charge is -2.47. The first-order chi connectivity index (χ1) is 18.3. The van der Waals surface area contributed by atoms with Crippen LogP contribution in [-0.4, -0.2) is 58.9 Å². The lowest BCUT2D eigenvalue weighted by atomic mass is 9.67. The van der Waals surface area contributed by atoms with E-state index in [1.165, 1.54) is 30.3 Å². The maximum atomic E-state index is 14.9. The highest BCUT2D eigenvalue weighted by atomic mass is 19.1. The number of carbonyl (C=O) groups excluding carboxylic acids is 2. The van der Waals surface area contributed by atoms with Gasteiger partial charge in [-0.3, -0.25) is 14.5 Å². The first-order valence-corrected chi connectivity index (χ1v) is 13.2. The van der Waals surface area contributed by atoms with E-state index < -0.39 is 17.8 Å². The van der Waals surface area contributed by atoms with E-state index in [0.717, 1.165) is 25.9 Å². The van der Waals surface area contributed by atoms with Crippen molar-refractivity contribution in [3.8, 4) is 11.5 Å². The van der Waals surface area contributed by atoms with Crippen LogP contribution < -0.4 is 5.32 Å². The molecule has 0 unspecified atom stereocenters. The molecule has 7 heteroatoms. The monoisotopic (exact) mass is 516 g/mol. The molecular weight excluding hydrogens is 483 g/mol. The van der Waals surface area contributed by atoms with Gasteiger partial charge in [-0.1, -0.05) is 36.4 Å². The summed E-state index contributed by atoms with van der Waals surface area (Å²) in [4.78, 5) is 30.5. The van der Waals surface area contributed by atoms with Crippen molar-refractivity contribution in [2.75, 3.05) is 26.2 Å². The third-order valence-corrected chi connectivity index (χ3v) is 8.16. The topological polar surface area (TPSA) is 89.9 Å². The lowest BCUT2D eigenvalue weighted by molar-refractivity contribution is 0.0398. The Bertz CT molecular complexity index is 1270. The summed E-state index contributed by atoms with van der Waals surface area (Å²) in [6, 6.07) is 17.6. The lowest BCUT2D eigenvalue weighted by Crippen LogP contribution is -2.55. The molecule has 3 aromatic carbocycles. The molecule has 2 saturated heterocycles. The largest absolute Gasteiger partial charge is 0.508 e. The SMILES string of the molecule is Cc1c(F)cccc1C1[C@@H](C(=O)c2cccc(O)c2)CN(C2CCNCC2)C[C@@H]1C(=O)c1cccc(O)c1. The molecule has 2 atom stereocenters. The molecule has 2 heterocycles. The van der Waals surface area contributed by atoms with Gasteiger partial charge in [0, 0.05) is 48.0 Å². The molecule has 0 amide bonds. The van der Waals surface area contributed by atoms with E-state index >= 15 is 0 Å². The number of Topliss-reactive ketones (excluding diaryl/α,β-unsaturated/α-hetero) is 2. The van der Waals surface area contributed by atoms with Crippen molar-refractivity contribution in [1.82, 2.24) is 10.2 Å². The minimum absolute atomic E-state index is 0.00672. The number of likely N-dealkylation sites (tertiary alicyclic amines) is 1. The Balaban J connectivity index is 1.64. The van der Waals surface area contributed by atoms with Crippen LogP contribution in [0.1, 0.15) is 50.6 Å². The number of carbonyl (C=O) groups is 2. The molecule has 0 aromatic heterocycles. The Morgan fingerprint density at radius 2 is 1.37 bits per heavy atom. The number of aromatic hydroxyl groups is 2. The van der Waals surface area contributed by atoms with Gasteiger partial charge >= 0.3 is 0 Å². The summed E-state index contributed by atoms with van der Waals surface area (Å²) in [7, 11) is 0. The Morgan fingerprint density at radius 3 is 1.89 bits per heavy atom. The minimum atomic E-state index is -0.632. The Hall–Kier alpha value is -3.55. The van der Waals surface area contributed by atoms with Gasteiger partial charge in [0.05, 0.1) is 0 Å². The number of benzene rings is 3. The fourth-order valence-corrected chi connectivity index (χ4v) is 6.21. The zero-order valence-electron chi connectivity index (χ0n) is 21.4. The first-order valence-electron chi connectivity index (χ1n) is 13.2. The molecule has 198 valence electrons. The van der Waals surface area contributed by atoms with Crippen LogP contribution in [0.15, 0.2) is 66.7 Å². The smallest absolute Gasteiger partial charge is 0.167 e. The van der Waals surface area contributed by atoms with Gasteiger partial charge in [-0.2, -0.15) is 0 Å². The van der Waals surface area contributed by atoms with Crippen LogP contribution in [0, 0.1) is 24.6 Å². The van der Waals surface area contributed by atoms with Gasteiger partial charge in [0.15, 0.2) is 11.6 Å². The summed E-state index contributed by atoms with van der Waals surface area (Å²) < 4.78 is 14.9. The Kier molecular flexibility index (Phi) is 7.58. The number of hydrogen-bond acceptors (Lipinski definition) is 6. The van der Waals surface area contributed by atoms with Gasteiger partial charge in [-0.25, -0.2) is 4.39 Å². The molecule has 6 nitrogen and oxygen atoms in total. The highest BCUT2D eigenvalue weighted by molar-refractivity contribution is 6.02. The molecule has 0 spiro atoms. The van der Waals surface area contributed by atoms with E-state index in [0.29, 0.717) is 35.3 Å². The van der Waals surface area contributed by atoms with Crippen LogP contribution in [0.4, 0.5) is 4.39 Å². The van der Waals surface area contributed by atoms with Crippen molar-refractivity contribution in [3.05, 3.63) is 94.8 Å². The van der Waals surface area contributed by atoms with Crippen LogP contribution in [0.5, 0.6) is 11.5 Å². The van der Waals surface area contributed by atoms with Gasteiger partial charge in [0.25, 0.3) is 0 Å². The highest BCUT2D eigenvalue weighted by Crippen LogP contribution is 2.43. The summed E-state index contributed by atoms with van der Waals surface area (Å²) in [5.74, 6) is -2.59. The normalized spacial score (nSPS) is 21.3.